The predicted octanol–water partition coefficient (Wildman–Crippen LogP) is 2.19. The zero-order valence-electron chi connectivity index (χ0n) is 8.43. The van der Waals surface area contributed by atoms with Crippen molar-refractivity contribution >= 4 is 5.69 Å². The monoisotopic (exact) mass is 206 g/mol. The van der Waals surface area contributed by atoms with E-state index in [1.54, 1.807) is 12.1 Å². The molecule has 0 saturated heterocycles. The van der Waals surface area contributed by atoms with Crippen LogP contribution in [0.15, 0.2) is 24.3 Å². The summed E-state index contributed by atoms with van der Waals surface area (Å²) < 4.78 is 0. The number of hydrogen-bond donors (Lipinski definition) is 1. The van der Waals surface area contributed by atoms with E-state index in [4.69, 9.17) is 5.73 Å². The highest BCUT2D eigenvalue weighted by molar-refractivity contribution is 5.35. The Kier molecular flexibility index (Phi) is 2.68. The topological polar surface area (TPSA) is 69.2 Å². The van der Waals surface area contributed by atoms with Crippen LogP contribution in [0.5, 0.6) is 0 Å². The summed E-state index contributed by atoms with van der Waals surface area (Å²) >= 11 is 0. The smallest absolute Gasteiger partial charge is 0.269 e. The molecular weight excluding hydrogens is 192 g/mol. The average Bonchev–Trinajstić information content (AvgIpc) is 2.65. The Morgan fingerprint density at radius 1 is 1.27 bits per heavy atom. The number of rotatable bonds is 2. The highest BCUT2D eigenvalue weighted by Gasteiger charge is 2.25. The predicted molar refractivity (Wildman–Crippen MR) is 57.7 cm³/mol. The van der Waals surface area contributed by atoms with Crippen LogP contribution in [0.2, 0.25) is 0 Å². The molecule has 2 N–H and O–H groups in total. The summed E-state index contributed by atoms with van der Waals surface area (Å²) in [6.45, 7) is 0. The molecule has 1 aliphatic rings. The lowest BCUT2D eigenvalue weighted by molar-refractivity contribution is -0.384. The molecule has 1 aromatic rings. The van der Waals surface area contributed by atoms with Crippen LogP contribution in [0.3, 0.4) is 0 Å². The minimum absolute atomic E-state index is 0.144. The Bertz CT molecular complexity index is 361. The number of nitrogens with zero attached hydrogens (tertiary/aromatic N) is 1. The highest BCUT2D eigenvalue weighted by atomic mass is 16.6. The molecule has 1 fully saturated rings. The lowest BCUT2D eigenvalue weighted by Gasteiger charge is -2.15. The van der Waals surface area contributed by atoms with Crippen LogP contribution in [-0.2, 0) is 0 Å². The summed E-state index contributed by atoms with van der Waals surface area (Å²) in [7, 11) is 0. The third-order valence-electron chi connectivity index (χ3n) is 3.10. The van der Waals surface area contributed by atoms with Crippen molar-refractivity contribution in [3.63, 3.8) is 0 Å². The molecule has 0 aliphatic heterocycles. The largest absolute Gasteiger partial charge is 0.327 e. The van der Waals surface area contributed by atoms with Crippen LogP contribution in [0.4, 0.5) is 5.69 Å². The van der Waals surface area contributed by atoms with Gasteiger partial charge in [-0.25, -0.2) is 0 Å². The van der Waals surface area contributed by atoms with Crippen molar-refractivity contribution in [3.8, 4) is 0 Å². The van der Waals surface area contributed by atoms with E-state index in [2.05, 4.69) is 0 Å². The molecule has 2 rings (SSSR count). The number of hydrogen-bond acceptors (Lipinski definition) is 3. The van der Waals surface area contributed by atoms with Crippen LogP contribution in [0, 0.1) is 10.1 Å². The van der Waals surface area contributed by atoms with E-state index in [-0.39, 0.29) is 16.7 Å². The summed E-state index contributed by atoms with van der Waals surface area (Å²) in [5, 5.41) is 10.5. The summed E-state index contributed by atoms with van der Waals surface area (Å²) in [5.74, 6) is 0.380. The average molecular weight is 206 g/mol. The van der Waals surface area contributed by atoms with Gasteiger partial charge in [0.2, 0.25) is 0 Å². The van der Waals surface area contributed by atoms with Gasteiger partial charge in [0.05, 0.1) is 4.92 Å². The summed E-state index contributed by atoms with van der Waals surface area (Å²) in [4.78, 5) is 10.1. The Morgan fingerprint density at radius 3 is 2.40 bits per heavy atom. The molecule has 0 bridgehead atoms. The second-order valence-electron chi connectivity index (χ2n) is 4.05. The third kappa shape index (κ3) is 1.99. The first-order chi connectivity index (χ1) is 7.18. The number of non-ortho nitro benzene ring substituents is 1. The zero-order chi connectivity index (χ0) is 10.8. The molecule has 0 radical (unpaired) electrons. The minimum atomic E-state index is -0.377. The van der Waals surface area contributed by atoms with Gasteiger partial charge in [-0.15, -0.1) is 0 Å². The summed E-state index contributed by atoms with van der Waals surface area (Å²) in [6.07, 6.45) is 3.31. The van der Waals surface area contributed by atoms with E-state index in [0.29, 0.717) is 5.92 Å². The standard InChI is InChI=1S/C11H14N2O2/c12-11-3-1-2-10(11)8-4-6-9(7-5-8)13(14)15/h4-7,10-11H,1-3,12H2. The Balaban J connectivity index is 2.19. The van der Waals surface area contributed by atoms with Gasteiger partial charge in [0.1, 0.15) is 0 Å². The van der Waals surface area contributed by atoms with Gasteiger partial charge < -0.3 is 5.73 Å². The lowest BCUT2D eigenvalue weighted by Crippen LogP contribution is -2.22. The van der Waals surface area contributed by atoms with Crippen LogP contribution in [0.1, 0.15) is 30.7 Å². The molecule has 80 valence electrons. The highest BCUT2D eigenvalue weighted by Crippen LogP contribution is 2.33. The maximum Gasteiger partial charge on any atom is 0.269 e. The number of nitrogens with two attached hydrogens (primary N) is 1. The fraction of sp³-hybridized carbons (Fsp3) is 0.455. The van der Waals surface area contributed by atoms with Crippen molar-refractivity contribution < 1.29 is 4.92 Å². The lowest BCUT2D eigenvalue weighted by atomic mass is 9.94. The van der Waals surface area contributed by atoms with Crippen molar-refractivity contribution in [2.75, 3.05) is 0 Å². The van der Waals surface area contributed by atoms with Gasteiger partial charge in [-0.1, -0.05) is 18.6 Å². The molecule has 2 unspecified atom stereocenters. The molecule has 1 aromatic carbocycles. The molecule has 1 aliphatic carbocycles. The molecule has 15 heavy (non-hydrogen) atoms. The van der Waals surface area contributed by atoms with Gasteiger partial charge in [-0.2, -0.15) is 0 Å². The van der Waals surface area contributed by atoms with Crippen LogP contribution in [0.25, 0.3) is 0 Å². The molecule has 0 aromatic heterocycles. The molecule has 4 nitrogen and oxygen atoms in total. The molecule has 2 atom stereocenters. The number of nitro benzene ring substituents is 1. The maximum absolute atomic E-state index is 10.5. The quantitative estimate of drug-likeness (QED) is 0.595. The van der Waals surface area contributed by atoms with Crippen LogP contribution < -0.4 is 5.73 Å². The molecular formula is C11H14N2O2. The fourth-order valence-corrected chi connectivity index (χ4v) is 2.25. The fourth-order valence-electron chi connectivity index (χ4n) is 2.25. The molecule has 1 saturated carbocycles. The van der Waals surface area contributed by atoms with E-state index >= 15 is 0 Å². The third-order valence-corrected chi connectivity index (χ3v) is 3.10. The first-order valence-electron chi connectivity index (χ1n) is 5.18. The van der Waals surface area contributed by atoms with Gasteiger partial charge in [0.25, 0.3) is 5.69 Å². The molecule has 4 heteroatoms. The van der Waals surface area contributed by atoms with Crippen molar-refractivity contribution in [1.82, 2.24) is 0 Å². The normalized spacial score (nSPS) is 25.4. The van der Waals surface area contributed by atoms with Crippen molar-refractivity contribution in [2.24, 2.45) is 5.73 Å². The molecule has 0 amide bonds. The zero-order valence-corrected chi connectivity index (χ0v) is 8.43. The Morgan fingerprint density at radius 2 is 1.93 bits per heavy atom. The first-order valence-corrected chi connectivity index (χ1v) is 5.18. The number of nitro groups is 1. The van der Waals surface area contributed by atoms with E-state index in [1.165, 1.54) is 0 Å². The van der Waals surface area contributed by atoms with Crippen LogP contribution >= 0.6 is 0 Å². The van der Waals surface area contributed by atoms with Crippen molar-refractivity contribution in [2.45, 2.75) is 31.2 Å². The first kappa shape index (κ1) is 10.1. The van der Waals surface area contributed by atoms with Gasteiger partial charge in [-0.05, 0) is 24.3 Å². The second-order valence-corrected chi connectivity index (χ2v) is 4.05. The summed E-state index contributed by atoms with van der Waals surface area (Å²) in [5.41, 5.74) is 7.25. The summed E-state index contributed by atoms with van der Waals surface area (Å²) in [6, 6.07) is 6.98. The van der Waals surface area contributed by atoms with E-state index in [0.717, 1.165) is 24.8 Å². The minimum Gasteiger partial charge on any atom is -0.327 e. The van der Waals surface area contributed by atoms with Crippen LogP contribution in [-0.4, -0.2) is 11.0 Å². The Labute approximate surface area is 88.2 Å². The van der Waals surface area contributed by atoms with Crippen molar-refractivity contribution in [3.05, 3.63) is 39.9 Å². The second kappa shape index (κ2) is 3.98. The molecule has 0 spiro atoms. The SMILES string of the molecule is NC1CCCC1c1ccc([N+](=O)[O-])cc1. The van der Waals surface area contributed by atoms with Gasteiger partial charge >= 0.3 is 0 Å². The van der Waals surface area contributed by atoms with Crippen molar-refractivity contribution in [1.29, 1.82) is 0 Å². The molecule has 0 heterocycles. The maximum atomic E-state index is 10.5. The number of benzene rings is 1. The van der Waals surface area contributed by atoms with Gasteiger partial charge in [0.15, 0.2) is 0 Å². The van der Waals surface area contributed by atoms with E-state index in [9.17, 15) is 10.1 Å². The van der Waals surface area contributed by atoms with Gasteiger partial charge in [0, 0.05) is 18.2 Å². The van der Waals surface area contributed by atoms with Gasteiger partial charge in [-0.3, -0.25) is 10.1 Å². The Hall–Kier alpha value is -1.42. The van der Waals surface area contributed by atoms with E-state index in [1.807, 2.05) is 12.1 Å². The van der Waals surface area contributed by atoms with E-state index < -0.39 is 0 Å².